The maximum atomic E-state index is 14.2. The van der Waals surface area contributed by atoms with Crippen LogP contribution in [0.4, 0.5) is 4.39 Å². The van der Waals surface area contributed by atoms with Crippen molar-refractivity contribution in [2.24, 2.45) is 0 Å². The number of halogens is 1. The normalized spacial score (nSPS) is 16.5. The lowest BCUT2D eigenvalue weighted by Gasteiger charge is -2.31. The number of rotatable bonds is 5. The van der Waals surface area contributed by atoms with Crippen LogP contribution in [-0.2, 0) is 0 Å². The van der Waals surface area contributed by atoms with Crippen LogP contribution in [0.2, 0.25) is 0 Å². The quantitative estimate of drug-likeness (QED) is 0.890. The van der Waals surface area contributed by atoms with Crippen LogP contribution in [-0.4, -0.2) is 11.5 Å². The van der Waals surface area contributed by atoms with E-state index < -0.39 is 0 Å². The van der Waals surface area contributed by atoms with E-state index in [1.165, 1.54) is 36.6 Å². The predicted molar refractivity (Wildman–Crippen MR) is 82.7 cm³/mol. The molecular weight excluding hydrogens is 263 g/mol. The van der Waals surface area contributed by atoms with Crippen LogP contribution in [0.1, 0.15) is 54.8 Å². The molecule has 1 aromatic carbocycles. The molecule has 1 fully saturated rings. The van der Waals surface area contributed by atoms with Crippen LogP contribution < -0.4 is 5.32 Å². The van der Waals surface area contributed by atoms with E-state index in [2.05, 4.69) is 35.4 Å². The summed E-state index contributed by atoms with van der Waals surface area (Å²) in [5.41, 5.74) is 3.25. The van der Waals surface area contributed by atoms with Crippen molar-refractivity contribution in [2.45, 2.75) is 38.1 Å². The molecule has 1 aromatic heterocycles. The summed E-state index contributed by atoms with van der Waals surface area (Å²) < 4.78 is 14.2. The molecule has 0 amide bonds. The fraction of sp³-hybridized carbons (Fsp3) is 0.389. The van der Waals surface area contributed by atoms with Crippen molar-refractivity contribution in [2.75, 3.05) is 6.54 Å². The SMILES string of the molecule is CCNC(c1ccncc1F)c1ccccc1C1CCC1. The van der Waals surface area contributed by atoms with Crippen molar-refractivity contribution in [3.63, 3.8) is 0 Å². The zero-order valence-corrected chi connectivity index (χ0v) is 12.3. The Balaban J connectivity index is 2.03. The number of nitrogens with zero attached hydrogens (tertiary/aromatic N) is 1. The number of nitrogens with one attached hydrogen (secondary N) is 1. The van der Waals surface area contributed by atoms with Gasteiger partial charge in [0.1, 0.15) is 5.82 Å². The highest BCUT2D eigenvalue weighted by atomic mass is 19.1. The van der Waals surface area contributed by atoms with Gasteiger partial charge in [-0.3, -0.25) is 4.98 Å². The number of hydrogen-bond donors (Lipinski definition) is 1. The summed E-state index contributed by atoms with van der Waals surface area (Å²) in [5.74, 6) is 0.388. The maximum absolute atomic E-state index is 14.2. The van der Waals surface area contributed by atoms with Crippen molar-refractivity contribution < 1.29 is 4.39 Å². The Bertz CT molecular complexity index is 608. The smallest absolute Gasteiger partial charge is 0.146 e. The number of aromatic nitrogens is 1. The lowest BCUT2D eigenvalue weighted by Crippen LogP contribution is -2.25. The first-order valence-electron chi connectivity index (χ1n) is 7.73. The fourth-order valence-electron chi connectivity index (χ4n) is 3.08. The molecule has 2 aromatic rings. The first kappa shape index (κ1) is 14.2. The molecule has 0 spiro atoms. The fourth-order valence-corrected chi connectivity index (χ4v) is 3.08. The molecule has 3 rings (SSSR count). The summed E-state index contributed by atoms with van der Waals surface area (Å²) >= 11 is 0. The molecule has 0 radical (unpaired) electrons. The second-order valence-corrected chi connectivity index (χ2v) is 5.64. The second-order valence-electron chi connectivity index (χ2n) is 5.64. The Hall–Kier alpha value is -1.74. The van der Waals surface area contributed by atoms with Crippen molar-refractivity contribution >= 4 is 0 Å². The van der Waals surface area contributed by atoms with Crippen LogP contribution in [0.25, 0.3) is 0 Å². The Morgan fingerprint density at radius 3 is 2.71 bits per heavy atom. The molecule has 1 unspecified atom stereocenters. The van der Waals surface area contributed by atoms with Crippen molar-refractivity contribution in [1.29, 1.82) is 0 Å². The summed E-state index contributed by atoms with van der Waals surface area (Å²) in [5, 5.41) is 3.43. The standard InChI is InChI=1S/C18H21FN2/c1-2-21-18(16-10-11-20-12-17(16)19)15-9-4-3-8-14(15)13-6-5-7-13/h3-4,8-13,18,21H,2,5-7H2,1H3. The van der Waals surface area contributed by atoms with E-state index in [0.717, 1.165) is 6.54 Å². The minimum atomic E-state index is -0.244. The van der Waals surface area contributed by atoms with Gasteiger partial charge < -0.3 is 5.32 Å². The third kappa shape index (κ3) is 2.84. The Kier molecular flexibility index (Phi) is 4.30. The highest BCUT2D eigenvalue weighted by molar-refractivity contribution is 5.40. The molecular formula is C18H21FN2. The van der Waals surface area contributed by atoms with Gasteiger partial charge in [-0.1, -0.05) is 37.6 Å². The van der Waals surface area contributed by atoms with E-state index in [9.17, 15) is 4.39 Å². The molecule has 3 heteroatoms. The molecule has 0 bridgehead atoms. The van der Waals surface area contributed by atoms with Crippen LogP contribution in [0.3, 0.4) is 0 Å². The molecule has 2 nitrogen and oxygen atoms in total. The third-order valence-corrected chi connectivity index (χ3v) is 4.38. The summed E-state index contributed by atoms with van der Waals surface area (Å²) in [4.78, 5) is 3.86. The molecule has 21 heavy (non-hydrogen) atoms. The van der Waals surface area contributed by atoms with Gasteiger partial charge in [-0.15, -0.1) is 0 Å². The van der Waals surface area contributed by atoms with E-state index in [0.29, 0.717) is 11.5 Å². The predicted octanol–water partition coefficient (Wildman–Crippen LogP) is 4.19. The van der Waals surface area contributed by atoms with Gasteiger partial charge in [-0.25, -0.2) is 4.39 Å². The van der Waals surface area contributed by atoms with Gasteiger partial charge in [-0.2, -0.15) is 0 Å². The number of benzene rings is 1. The van der Waals surface area contributed by atoms with Crippen LogP contribution >= 0.6 is 0 Å². The zero-order chi connectivity index (χ0) is 14.7. The van der Waals surface area contributed by atoms with E-state index in [1.807, 2.05) is 6.07 Å². The highest BCUT2D eigenvalue weighted by Gasteiger charge is 2.26. The summed E-state index contributed by atoms with van der Waals surface area (Å²) in [6.45, 7) is 2.85. The summed E-state index contributed by atoms with van der Waals surface area (Å²) in [6, 6.07) is 10.1. The van der Waals surface area contributed by atoms with Crippen molar-refractivity contribution in [1.82, 2.24) is 10.3 Å². The molecule has 1 atom stereocenters. The highest BCUT2D eigenvalue weighted by Crippen LogP contribution is 2.40. The Morgan fingerprint density at radius 1 is 1.24 bits per heavy atom. The second kappa shape index (κ2) is 6.35. The minimum absolute atomic E-state index is 0.102. The monoisotopic (exact) mass is 284 g/mol. The van der Waals surface area contributed by atoms with Crippen molar-refractivity contribution in [3.05, 3.63) is 65.2 Å². The topological polar surface area (TPSA) is 24.9 Å². The van der Waals surface area contributed by atoms with Gasteiger partial charge >= 0.3 is 0 Å². The van der Waals surface area contributed by atoms with Gasteiger partial charge in [0.15, 0.2) is 0 Å². The lowest BCUT2D eigenvalue weighted by molar-refractivity contribution is 0.413. The van der Waals surface area contributed by atoms with Gasteiger partial charge in [-0.05, 0) is 42.5 Å². The molecule has 1 N–H and O–H groups in total. The molecule has 1 heterocycles. The lowest BCUT2D eigenvalue weighted by atomic mass is 9.76. The molecule has 0 aliphatic heterocycles. The van der Waals surface area contributed by atoms with Gasteiger partial charge in [0, 0.05) is 11.8 Å². The van der Waals surface area contributed by atoms with E-state index >= 15 is 0 Å². The Morgan fingerprint density at radius 2 is 2.05 bits per heavy atom. The van der Waals surface area contributed by atoms with Crippen LogP contribution in [0, 0.1) is 5.82 Å². The third-order valence-electron chi connectivity index (χ3n) is 4.38. The Labute approximate surface area is 125 Å². The van der Waals surface area contributed by atoms with Crippen LogP contribution in [0.15, 0.2) is 42.7 Å². The summed E-state index contributed by atoms with van der Waals surface area (Å²) in [7, 11) is 0. The average Bonchev–Trinajstić information content (AvgIpc) is 2.45. The molecule has 1 saturated carbocycles. The first-order valence-corrected chi connectivity index (χ1v) is 7.73. The molecule has 1 aliphatic carbocycles. The van der Waals surface area contributed by atoms with Crippen LogP contribution in [0.5, 0.6) is 0 Å². The largest absolute Gasteiger partial charge is 0.306 e. The molecule has 0 saturated heterocycles. The number of pyridine rings is 1. The first-order chi connectivity index (χ1) is 10.3. The molecule has 1 aliphatic rings. The minimum Gasteiger partial charge on any atom is -0.306 e. The van der Waals surface area contributed by atoms with Gasteiger partial charge in [0.2, 0.25) is 0 Å². The zero-order valence-electron chi connectivity index (χ0n) is 12.3. The van der Waals surface area contributed by atoms with E-state index in [4.69, 9.17) is 0 Å². The summed E-state index contributed by atoms with van der Waals surface area (Å²) in [6.07, 6.45) is 6.75. The number of hydrogen-bond acceptors (Lipinski definition) is 2. The average molecular weight is 284 g/mol. The van der Waals surface area contributed by atoms with Crippen molar-refractivity contribution in [3.8, 4) is 0 Å². The van der Waals surface area contributed by atoms with E-state index in [-0.39, 0.29) is 11.9 Å². The van der Waals surface area contributed by atoms with E-state index in [1.54, 1.807) is 12.3 Å². The van der Waals surface area contributed by atoms with Gasteiger partial charge in [0.25, 0.3) is 0 Å². The maximum Gasteiger partial charge on any atom is 0.146 e. The molecule has 110 valence electrons. The van der Waals surface area contributed by atoms with Gasteiger partial charge in [0.05, 0.1) is 12.2 Å².